The molecule has 0 saturated carbocycles. The minimum Gasteiger partial charge on any atom is -0.484 e. The van der Waals surface area contributed by atoms with Crippen molar-refractivity contribution in [3.05, 3.63) is 65.7 Å². The highest BCUT2D eigenvalue weighted by Gasteiger charge is 2.22. The number of carbonyl (C=O) groups excluding carboxylic acids is 1. The van der Waals surface area contributed by atoms with E-state index in [1.165, 1.54) is 30.6 Å². The predicted molar refractivity (Wildman–Crippen MR) is 97.6 cm³/mol. The molecule has 1 heterocycles. The maximum Gasteiger partial charge on any atom is 0.338 e. The number of hydrogen-bond acceptors (Lipinski definition) is 4. The van der Waals surface area contributed by atoms with Gasteiger partial charge in [0.2, 0.25) is 0 Å². The van der Waals surface area contributed by atoms with Crippen LogP contribution in [0.1, 0.15) is 17.3 Å². The number of hydrogen-bond donors (Lipinski definition) is 0. The highest BCUT2D eigenvalue weighted by molar-refractivity contribution is 7.18. The lowest BCUT2D eigenvalue weighted by Gasteiger charge is -2.09. The van der Waals surface area contributed by atoms with Gasteiger partial charge in [0, 0.05) is 27.6 Å². The van der Waals surface area contributed by atoms with E-state index < -0.39 is 17.6 Å². The number of carbonyl (C=O) groups is 1. The molecule has 0 aliphatic carbocycles. The Kier molecular flexibility index (Phi) is 5.32. The lowest BCUT2D eigenvalue weighted by atomic mass is 9.99. The monoisotopic (exact) mass is 374 g/mol. The van der Waals surface area contributed by atoms with E-state index in [0.717, 1.165) is 6.07 Å². The molecule has 0 atom stereocenters. The summed E-state index contributed by atoms with van der Waals surface area (Å²) in [5.41, 5.74) is 1.50. The molecule has 0 aliphatic rings. The lowest BCUT2D eigenvalue weighted by molar-refractivity contribution is 0.0601. The van der Waals surface area contributed by atoms with Gasteiger partial charge in [-0.3, -0.25) is 0 Å². The molecule has 134 valence electrons. The van der Waals surface area contributed by atoms with Crippen LogP contribution >= 0.6 is 11.3 Å². The standard InChI is InChI=1S/C20H16F2O3S/c1-3-25-17-11-15(12-9-6-10-16(21)18(12)22)19(26-17)13-7-4-5-8-14(13)20(23)24-2/h4-11H,3H2,1-2H3. The number of rotatable bonds is 5. The van der Waals surface area contributed by atoms with Crippen LogP contribution in [-0.2, 0) is 4.74 Å². The lowest BCUT2D eigenvalue weighted by Crippen LogP contribution is -2.03. The summed E-state index contributed by atoms with van der Waals surface area (Å²) in [6.45, 7) is 2.27. The number of halogens is 2. The van der Waals surface area contributed by atoms with Gasteiger partial charge in [-0.25, -0.2) is 13.6 Å². The molecule has 0 radical (unpaired) electrons. The summed E-state index contributed by atoms with van der Waals surface area (Å²) in [6.07, 6.45) is 0. The SMILES string of the molecule is CCOc1cc(-c2cccc(F)c2F)c(-c2ccccc2C(=O)OC)s1. The van der Waals surface area contributed by atoms with Crippen molar-refractivity contribution in [1.29, 1.82) is 0 Å². The largest absolute Gasteiger partial charge is 0.484 e. The molecule has 26 heavy (non-hydrogen) atoms. The second-order valence-electron chi connectivity index (χ2n) is 5.38. The Bertz CT molecular complexity index is 950. The van der Waals surface area contributed by atoms with Crippen molar-refractivity contribution in [1.82, 2.24) is 0 Å². The van der Waals surface area contributed by atoms with E-state index in [-0.39, 0.29) is 5.56 Å². The summed E-state index contributed by atoms with van der Waals surface area (Å²) >= 11 is 1.27. The molecular weight excluding hydrogens is 358 g/mol. The first-order valence-corrected chi connectivity index (χ1v) is 8.77. The van der Waals surface area contributed by atoms with E-state index in [0.29, 0.717) is 33.2 Å². The van der Waals surface area contributed by atoms with Crippen molar-refractivity contribution < 1.29 is 23.0 Å². The summed E-state index contributed by atoms with van der Waals surface area (Å²) in [6, 6.07) is 12.5. The van der Waals surface area contributed by atoms with Crippen LogP contribution in [0.2, 0.25) is 0 Å². The van der Waals surface area contributed by atoms with Crippen molar-refractivity contribution in [3.8, 4) is 26.6 Å². The molecule has 6 heteroatoms. The van der Waals surface area contributed by atoms with Crippen molar-refractivity contribution in [2.45, 2.75) is 6.92 Å². The Balaban J connectivity index is 2.26. The molecule has 1 aromatic heterocycles. The Morgan fingerprint density at radius 2 is 1.77 bits per heavy atom. The third-order valence-electron chi connectivity index (χ3n) is 3.81. The summed E-state index contributed by atoms with van der Waals surface area (Å²) in [4.78, 5) is 12.7. The number of ether oxygens (including phenoxy) is 2. The molecule has 0 unspecified atom stereocenters. The molecule has 3 nitrogen and oxygen atoms in total. The number of thiophene rings is 1. The zero-order valence-corrected chi connectivity index (χ0v) is 15.0. The first-order chi connectivity index (χ1) is 12.6. The molecule has 0 spiro atoms. The summed E-state index contributed by atoms with van der Waals surface area (Å²) in [7, 11) is 1.30. The Hall–Kier alpha value is -2.73. The van der Waals surface area contributed by atoms with Gasteiger partial charge >= 0.3 is 5.97 Å². The molecule has 2 aromatic carbocycles. The van der Waals surface area contributed by atoms with E-state index in [9.17, 15) is 13.6 Å². The van der Waals surface area contributed by atoms with Crippen LogP contribution in [0.5, 0.6) is 5.06 Å². The van der Waals surface area contributed by atoms with E-state index in [1.54, 1.807) is 30.3 Å². The van der Waals surface area contributed by atoms with Gasteiger partial charge in [-0.2, -0.15) is 0 Å². The van der Waals surface area contributed by atoms with Crippen molar-refractivity contribution >= 4 is 17.3 Å². The Morgan fingerprint density at radius 3 is 2.50 bits per heavy atom. The maximum atomic E-state index is 14.4. The van der Waals surface area contributed by atoms with Crippen molar-refractivity contribution in [3.63, 3.8) is 0 Å². The predicted octanol–water partition coefficient (Wildman–Crippen LogP) is 5.55. The second-order valence-corrected chi connectivity index (χ2v) is 6.39. The second kappa shape index (κ2) is 7.66. The number of benzene rings is 2. The van der Waals surface area contributed by atoms with Crippen LogP contribution in [0.15, 0.2) is 48.5 Å². The van der Waals surface area contributed by atoms with Gasteiger partial charge in [0.15, 0.2) is 16.7 Å². The van der Waals surface area contributed by atoms with Crippen LogP contribution in [-0.4, -0.2) is 19.7 Å². The first-order valence-electron chi connectivity index (χ1n) is 7.95. The van der Waals surface area contributed by atoms with Crippen LogP contribution in [0.4, 0.5) is 8.78 Å². The molecule has 3 aromatic rings. The summed E-state index contributed by atoms with van der Waals surface area (Å²) in [5.74, 6) is -2.37. The van der Waals surface area contributed by atoms with E-state index in [4.69, 9.17) is 9.47 Å². The third-order valence-corrected chi connectivity index (χ3v) is 4.90. The van der Waals surface area contributed by atoms with Crippen LogP contribution in [0.3, 0.4) is 0 Å². The molecule has 0 bridgehead atoms. The first kappa shape index (κ1) is 18.1. The normalized spacial score (nSPS) is 10.6. The zero-order valence-electron chi connectivity index (χ0n) is 14.2. The van der Waals surface area contributed by atoms with Crippen molar-refractivity contribution in [2.24, 2.45) is 0 Å². The molecule has 0 fully saturated rings. The van der Waals surface area contributed by atoms with Crippen LogP contribution < -0.4 is 4.74 Å². The third kappa shape index (κ3) is 3.32. The van der Waals surface area contributed by atoms with E-state index >= 15 is 0 Å². The molecule has 0 saturated heterocycles. The van der Waals surface area contributed by atoms with Crippen molar-refractivity contribution in [2.75, 3.05) is 13.7 Å². The maximum absolute atomic E-state index is 14.4. The van der Waals surface area contributed by atoms with Gasteiger partial charge in [-0.15, -0.1) is 0 Å². The molecule has 3 rings (SSSR count). The van der Waals surface area contributed by atoms with Gasteiger partial charge in [-0.05, 0) is 19.1 Å². The fourth-order valence-electron chi connectivity index (χ4n) is 2.66. The summed E-state index contributed by atoms with van der Waals surface area (Å²) in [5, 5.41) is 0.556. The van der Waals surface area contributed by atoms with Gasteiger partial charge in [0.05, 0.1) is 19.3 Å². The fourth-order valence-corrected chi connectivity index (χ4v) is 3.78. The number of methoxy groups -OCH3 is 1. The quantitative estimate of drug-likeness (QED) is 0.550. The molecular formula is C20H16F2O3S. The Labute approximate surface area is 153 Å². The highest BCUT2D eigenvalue weighted by atomic mass is 32.1. The van der Waals surface area contributed by atoms with Gasteiger partial charge in [0.1, 0.15) is 0 Å². The van der Waals surface area contributed by atoms with E-state index in [2.05, 4.69) is 0 Å². The average Bonchev–Trinajstić information content (AvgIpc) is 3.07. The van der Waals surface area contributed by atoms with Gasteiger partial charge < -0.3 is 9.47 Å². The zero-order chi connectivity index (χ0) is 18.7. The Morgan fingerprint density at radius 1 is 1.04 bits per heavy atom. The minimum absolute atomic E-state index is 0.113. The smallest absolute Gasteiger partial charge is 0.338 e. The molecule has 0 amide bonds. The topological polar surface area (TPSA) is 35.5 Å². The highest BCUT2D eigenvalue weighted by Crippen LogP contribution is 2.45. The van der Waals surface area contributed by atoms with Gasteiger partial charge in [0.25, 0.3) is 0 Å². The summed E-state index contributed by atoms with van der Waals surface area (Å²) < 4.78 is 38.5. The number of esters is 1. The van der Waals surface area contributed by atoms with E-state index in [1.807, 2.05) is 6.92 Å². The fraction of sp³-hybridized carbons (Fsp3) is 0.150. The average molecular weight is 374 g/mol. The van der Waals surface area contributed by atoms with Gasteiger partial charge in [-0.1, -0.05) is 41.7 Å². The molecule has 0 N–H and O–H groups in total. The van der Waals surface area contributed by atoms with Crippen LogP contribution in [0, 0.1) is 11.6 Å². The van der Waals surface area contributed by atoms with Crippen LogP contribution in [0.25, 0.3) is 21.6 Å². The minimum atomic E-state index is -0.940. The molecule has 0 aliphatic heterocycles.